The highest BCUT2D eigenvalue weighted by Crippen LogP contribution is 2.11. The van der Waals surface area contributed by atoms with Crippen LogP contribution >= 0.6 is 28.3 Å². The third kappa shape index (κ3) is 2.73. The minimum atomic E-state index is -0.419. The smallest absolute Gasteiger partial charge is 0.155 e. The van der Waals surface area contributed by atoms with Crippen LogP contribution < -0.4 is 0 Å². The van der Waals surface area contributed by atoms with Gasteiger partial charge in [-0.2, -0.15) is 0 Å². The Balaban J connectivity index is 0.000001000. The van der Waals surface area contributed by atoms with Gasteiger partial charge in [-0.15, -0.1) is 12.4 Å². The molecule has 0 bridgehead atoms. The topological polar surface area (TPSA) is 33.1 Å². The molecule has 0 aliphatic rings. The average Bonchev–Trinajstić information content (AvgIpc) is 1.95. The Morgan fingerprint density at radius 3 is 2.64 bits per heavy atom. The van der Waals surface area contributed by atoms with Crippen LogP contribution in [-0.2, 0) is 6.61 Å². The lowest BCUT2D eigenvalue weighted by atomic mass is 10.4. The number of aliphatic hydroxyl groups is 1. The Labute approximate surface area is 78.0 Å². The van der Waals surface area contributed by atoms with Crippen LogP contribution in [0.2, 0.25) is 0 Å². The van der Waals surface area contributed by atoms with Crippen LogP contribution in [0.1, 0.15) is 5.69 Å². The normalized spacial score (nSPS) is 9.00. The van der Waals surface area contributed by atoms with E-state index in [0.29, 0.717) is 5.69 Å². The lowest BCUT2D eigenvalue weighted by Crippen LogP contribution is -1.90. The van der Waals surface area contributed by atoms with Gasteiger partial charge < -0.3 is 5.11 Å². The van der Waals surface area contributed by atoms with Crippen molar-refractivity contribution in [3.05, 3.63) is 28.2 Å². The highest BCUT2D eigenvalue weighted by atomic mass is 79.9. The number of pyridine rings is 1. The van der Waals surface area contributed by atoms with Crippen molar-refractivity contribution in [2.75, 3.05) is 0 Å². The van der Waals surface area contributed by atoms with E-state index in [4.69, 9.17) is 5.11 Å². The number of hydrogen-bond acceptors (Lipinski definition) is 2. The minimum Gasteiger partial charge on any atom is -0.390 e. The zero-order chi connectivity index (χ0) is 7.56. The highest BCUT2D eigenvalue weighted by Gasteiger charge is 1.99. The molecule has 5 heteroatoms. The summed E-state index contributed by atoms with van der Waals surface area (Å²) in [6.45, 7) is -0.168. The van der Waals surface area contributed by atoms with E-state index in [0.717, 1.165) is 0 Å². The molecule has 0 saturated carbocycles. The fourth-order valence-corrected chi connectivity index (χ4v) is 0.903. The van der Waals surface area contributed by atoms with Gasteiger partial charge in [-0.25, -0.2) is 9.37 Å². The van der Waals surface area contributed by atoms with Gasteiger partial charge in [0.2, 0.25) is 0 Å². The van der Waals surface area contributed by atoms with Crippen molar-refractivity contribution in [1.82, 2.24) is 4.98 Å². The maximum Gasteiger partial charge on any atom is 0.155 e. The van der Waals surface area contributed by atoms with Crippen molar-refractivity contribution < 1.29 is 9.50 Å². The Hall–Kier alpha value is -0.190. The van der Waals surface area contributed by atoms with E-state index in [2.05, 4.69) is 20.9 Å². The summed E-state index contributed by atoms with van der Waals surface area (Å²) < 4.78 is 12.6. The van der Waals surface area contributed by atoms with Gasteiger partial charge >= 0.3 is 0 Å². The summed E-state index contributed by atoms with van der Waals surface area (Å²) in [5.41, 5.74) is 0.452. The summed E-state index contributed by atoms with van der Waals surface area (Å²) >= 11 is 2.89. The Bertz CT molecular complexity index is 246. The molecular formula is C6H6BrClFNO. The van der Waals surface area contributed by atoms with E-state index in [1.165, 1.54) is 12.1 Å². The average molecular weight is 242 g/mol. The van der Waals surface area contributed by atoms with Crippen molar-refractivity contribution >= 4 is 28.3 Å². The lowest BCUT2D eigenvalue weighted by Gasteiger charge is -1.95. The monoisotopic (exact) mass is 241 g/mol. The fraction of sp³-hybridized carbons (Fsp3) is 0.167. The first-order valence-electron chi connectivity index (χ1n) is 2.66. The molecule has 1 aromatic rings. The quantitative estimate of drug-likeness (QED) is 0.763. The molecule has 62 valence electrons. The van der Waals surface area contributed by atoms with Crippen LogP contribution in [0.4, 0.5) is 4.39 Å². The van der Waals surface area contributed by atoms with E-state index in [1.54, 1.807) is 0 Å². The van der Waals surface area contributed by atoms with Crippen LogP contribution in [-0.4, -0.2) is 10.1 Å². The molecule has 0 saturated heterocycles. The molecule has 0 unspecified atom stereocenters. The molecule has 0 aromatic carbocycles. The maximum atomic E-state index is 12.4. The Morgan fingerprint density at radius 1 is 1.55 bits per heavy atom. The van der Waals surface area contributed by atoms with Gasteiger partial charge in [0.25, 0.3) is 0 Å². The van der Waals surface area contributed by atoms with E-state index in [-0.39, 0.29) is 23.6 Å². The van der Waals surface area contributed by atoms with Crippen molar-refractivity contribution in [2.45, 2.75) is 6.61 Å². The van der Waals surface area contributed by atoms with E-state index >= 15 is 0 Å². The number of aromatic nitrogens is 1. The third-order valence-corrected chi connectivity index (χ3v) is 1.58. The Kier molecular flexibility index (Phi) is 4.56. The van der Waals surface area contributed by atoms with Gasteiger partial charge in [0.15, 0.2) is 5.82 Å². The van der Waals surface area contributed by atoms with Gasteiger partial charge in [-0.3, -0.25) is 0 Å². The number of aliphatic hydroxyl groups excluding tert-OH is 1. The summed E-state index contributed by atoms with van der Waals surface area (Å²) in [6.07, 6.45) is 0. The van der Waals surface area contributed by atoms with Gasteiger partial charge in [0.05, 0.1) is 12.3 Å². The molecular weight excluding hydrogens is 236 g/mol. The molecule has 0 fully saturated rings. The summed E-state index contributed by atoms with van der Waals surface area (Å²) in [4.78, 5) is 3.68. The highest BCUT2D eigenvalue weighted by molar-refractivity contribution is 9.10. The SMILES string of the molecule is Cl.OCc1ccc(F)c(Br)n1. The summed E-state index contributed by atoms with van der Waals surface area (Å²) in [7, 11) is 0. The molecule has 2 nitrogen and oxygen atoms in total. The zero-order valence-corrected chi connectivity index (χ0v) is 7.82. The molecule has 1 N–H and O–H groups in total. The van der Waals surface area contributed by atoms with Crippen LogP contribution in [0.3, 0.4) is 0 Å². The van der Waals surface area contributed by atoms with Crippen molar-refractivity contribution in [3.8, 4) is 0 Å². The van der Waals surface area contributed by atoms with Crippen molar-refractivity contribution in [1.29, 1.82) is 0 Å². The van der Waals surface area contributed by atoms with E-state index < -0.39 is 5.82 Å². The van der Waals surface area contributed by atoms with Gasteiger partial charge in [-0.1, -0.05) is 0 Å². The summed E-state index contributed by atoms with van der Waals surface area (Å²) in [5.74, 6) is -0.419. The second kappa shape index (κ2) is 4.64. The predicted octanol–water partition coefficient (Wildman–Crippen LogP) is 1.90. The number of hydrogen-bond donors (Lipinski definition) is 1. The van der Waals surface area contributed by atoms with Crippen LogP contribution in [0.5, 0.6) is 0 Å². The molecule has 0 aliphatic heterocycles. The summed E-state index contributed by atoms with van der Waals surface area (Å²) in [6, 6.07) is 2.68. The molecule has 0 spiro atoms. The Morgan fingerprint density at radius 2 is 2.18 bits per heavy atom. The van der Waals surface area contributed by atoms with Crippen LogP contribution in [0, 0.1) is 5.82 Å². The molecule has 11 heavy (non-hydrogen) atoms. The molecule has 0 atom stereocenters. The zero-order valence-electron chi connectivity index (χ0n) is 5.42. The van der Waals surface area contributed by atoms with Crippen LogP contribution in [0.15, 0.2) is 16.7 Å². The largest absolute Gasteiger partial charge is 0.390 e. The minimum absolute atomic E-state index is 0. The molecule has 0 aliphatic carbocycles. The first kappa shape index (κ1) is 10.8. The predicted molar refractivity (Wildman–Crippen MR) is 45.1 cm³/mol. The van der Waals surface area contributed by atoms with Crippen LogP contribution in [0.25, 0.3) is 0 Å². The maximum absolute atomic E-state index is 12.4. The van der Waals surface area contributed by atoms with Gasteiger partial charge in [-0.05, 0) is 28.1 Å². The number of nitrogens with zero attached hydrogens (tertiary/aromatic N) is 1. The standard InChI is InChI=1S/C6H5BrFNO.ClH/c7-6-5(8)2-1-4(3-10)9-6;/h1-2,10H,3H2;1H. The number of rotatable bonds is 1. The van der Waals surface area contributed by atoms with Gasteiger partial charge in [0, 0.05) is 0 Å². The first-order chi connectivity index (χ1) is 4.74. The summed E-state index contributed by atoms with van der Waals surface area (Å²) in [5, 5.41) is 8.55. The molecule has 1 rings (SSSR count). The fourth-order valence-electron chi connectivity index (χ4n) is 0.543. The number of halogens is 3. The van der Waals surface area contributed by atoms with Crippen molar-refractivity contribution in [2.24, 2.45) is 0 Å². The lowest BCUT2D eigenvalue weighted by molar-refractivity contribution is 0.276. The molecule has 1 heterocycles. The van der Waals surface area contributed by atoms with Crippen molar-refractivity contribution in [3.63, 3.8) is 0 Å². The third-order valence-electron chi connectivity index (χ3n) is 1.02. The second-order valence-electron chi connectivity index (χ2n) is 1.73. The first-order valence-corrected chi connectivity index (χ1v) is 3.45. The van der Waals surface area contributed by atoms with E-state index in [1.807, 2.05) is 0 Å². The van der Waals surface area contributed by atoms with Gasteiger partial charge in [0.1, 0.15) is 4.60 Å². The molecule has 1 aromatic heterocycles. The second-order valence-corrected chi connectivity index (χ2v) is 2.48. The molecule has 0 radical (unpaired) electrons. The van der Waals surface area contributed by atoms with E-state index in [9.17, 15) is 4.39 Å². The molecule has 0 amide bonds.